The molecule has 1 aliphatic carbocycles. The number of nitro groups is 1. The van der Waals surface area contributed by atoms with Gasteiger partial charge in [0, 0.05) is 24.2 Å². The number of aryl methyl sites for hydroxylation is 1. The van der Waals surface area contributed by atoms with E-state index in [1.165, 1.54) is 36.4 Å². The molecule has 0 N–H and O–H groups in total. The first-order chi connectivity index (χ1) is 14.3. The van der Waals surface area contributed by atoms with Gasteiger partial charge in [-0.1, -0.05) is 29.8 Å². The van der Waals surface area contributed by atoms with Crippen molar-refractivity contribution in [1.82, 2.24) is 4.90 Å². The maximum Gasteiger partial charge on any atom is 0.269 e. The maximum atomic E-state index is 13.1. The molecule has 2 aromatic carbocycles. The van der Waals surface area contributed by atoms with E-state index in [0.717, 1.165) is 11.1 Å². The highest BCUT2D eigenvalue weighted by Gasteiger charge is 2.61. The average molecular weight is 402 g/mol. The molecule has 1 aliphatic heterocycles. The normalized spacial score (nSPS) is 19.1. The van der Waals surface area contributed by atoms with E-state index >= 15 is 0 Å². The van der Waals surface area contributed by atoms with Crippen molar-refractivity contribution in [2.75, 3.05) is 0 Å². The van der Waals surface area contributed by atoms with Crippen LogP contribution >= 0.6 is 0 Å². The summed E-state index contributed by atoms with van der Waals surface area (Å²) in [4.78, 5) is 49.7. The van der Waals surface area contributed by atoms with Crippen molar-refractivity contribution in [2.24, 2.45) is 5.92 Å². The second-order valence-electron chi connectivity index (χ2n) is 7.47. The summed E-state index contributed by atoms with van der Waals surface area (Å²) in [6, 6.07) is 12.9. The lowest BCUT2D eigenvalue weighted by Crippen LogP contribution is -2.71. The monoisotopic (exact) mass is 402 g/mol. The van der Waals surface area contributed by atoms with Crippen LogP contribution in [0.2, 0.25) is 0 Å². The van der Waals surface area contributed by atoms with E-state index in [-0.39, 0.29) is 22.9 Å². The summed E-state index contributed by atoms with van der Waals surface area (Å²) in [7, 11) is 0. The molecule has 0 bridgehead atoms. The van der Waals surface area contributed by atoms with Gasteiger partial charge in [-0.25, -0.2) is 0 Å². The lowest BCUT2D eigenvalue weighted by Gasteiger charge is -2.54. The number of carbonyl (C=O) groups excluding carboxylic acids is 3. The number of nitrogens with zero attached hydrogens (tertiary/aromatic N) is 2. The highest BCUT2D eigenvalue weighted by atomic mass is 16.6. The number of hydrogen-bond donors (Lipinski definition) is 0. The van der Waals surface area contributed by atoms with Crippen LogP contribution < -0.4 is 0 Å². The molecule has 150 valence electrons. The number of likely N-dealkylation sites (tertiary alicyclic amines) is 1. The molecule has 7 nitrogen and oxygen atoms in total. The van der Waals surface area contributed by atoms with Crippen molar-refractivity contribution < 1.29 is 19.3 Å². The van der Waals surface area contributed by atoms with Crippen LogP contribution in [-0.4, -0.2) is 32.8 Å². The van der Waals surface area contributed by atoms with Crippen LogP contribution in [0.5, 0.6) is 0 Å². The van der Waals surface area contributed by atoms with Crippen molar-refractivity contribution in [3.05, 3.63) is 99.6 Å². The predicted molar refractivity (Wildman–Crippen MR) is 109 cm³/mol. The van der Waals surface area contributed by atoms with E-state index in [4.69, 9.17) is 0 Å². The fourth-order valence-corrected chi connectivity index (χ4v) is 3.88. The summed E-state index contributed by atoms with van der Waals surface area (Å²) >= 11 is 0. The van der Waals surface area contributed by atoms with Crippen LogP contribution in [-0.2, 0) is 16.1 Å². The van der Waals surface area contributed by atoms with Crippen LogP contribution in [0.4, 0.5) is 5.69 Å². The van der Waals surface area contributed by atoms with E-state index in [2.05, 4.69) is 0 Å². The van der Waals surface area contributed by atoms with Crippen molar-refractivity contribution in [3.63, 3.8) is 0 Å². The van der Waals surface area contributed by atoms with Gasteiger partial charge < -0.3 is 4.90 Å². The van der Waals surface area contributed by atoms with E-state index in [9.17, 15) is 24.5 Å². The fraction of sp³-hybridized carbons (Fsp3) is 0.174. The number of ketones is 2. The SMILES string of the molecule is Cc1ccc(CN2C(=O)[C@H](C(=O)c3ccc([N+](=O)[O-])cc3)C23C=CC(=O)C=C3)cc1. The number of carbonyl (C=O) groups is 3. The minimum absolute atomic E-state index is 0.134. The molecule has 4 rings (SSSR count). The number of hydrogen-bond acceptors (Lipinski definition) is 5. The minimum atomic E-state index is -1.03. The molecule has 1 heterocycles. The number of β-lactam (4-membered cyclic amide) rings is 1. The third kappa shape index (κ3) is 3.14. The number of non-ortho nitro benzene ring substituents is 1. The summed E-state index contributed by atoms with van der Waals surface area (Å²) in [5.74, 6) is -2.01. The summed E-state index contributed by atoms with van der Waals surface area (Å²) in [5, 5.41) is 10.9. The molecule has 1 fully saturated rings. The summed E-state index contributed by atoms with van der Waals surface area (Å²) in [6.07, 6.45) is 5.92. The Morgan fingerprint density at radius 2 is 1.63 bits per heavy atom. The first-order valence-corrected chi connectivity index (χ1v) is 9.40. The lowest BCUT2D eigenvalue weighted by atomic mass is 9.67. The van der Waals surface area contributed by atoms with Crippen molar-refractivity contribution in [1.29, 1.82) is 0 Å². The van der Waals surface area contributed by atoms with Gasteiger partial charge in [0.25, 0.3) is 5.69 Å². The number of allylic oxidation sites excluding steroid dienone is 2. The van der Waals surface area contributed by atoms with Crippen LogP contribution in [0, 0.1) is 23.0 Å². The number of Topliss-reactive ketones (excluding diaryl/α,β-unsaturated/α-hetero) is 1. The van der Waals surface area contributed by atoms with Gasteiger partial charge in [-0.05, 0) is 48.9 Å². The van der Waals surface area contributed by atoms with E-state index in [1.807, 2.05) is 31.2 Å². The number of rotatable bonds is 5. The summed E-state index contributed by atoms with van der Waals surface area (Å²) in [6.45, 7) is 2.27. The van der Waals surface area contributed by atoms with Crippen molar-refractivity contribution in [2.45, 2.75) is 19.0 Å². The molecule has 1 spiro atoms. The van der Waals surface area contributed by atoms with Gasteiger partial charge in [0.05, 0.1) is 10.5 Å². The third-order valence-corrected chi connectivity index (χ3v) is 5.56. The van der Waals surface area contributed by atoms with Crippen molar-refractivity contribution in [3.8, 4) is 0 Å². The summed E-state index contributed by atoms with van der Waals surface area (Å²) < 4.78 is 0. The van der Waals surface area contributed by atoms with Gasteiger partial charge in [-0.2, -0.15) is 0 Å². The number of amides is 1. The van der Waals surface area contributed by atoms with Crippen LogP contribution in [0.15, 0.2) is 72.8 Å². The molecule has 0 radical (unpaired) electrons. The van der Waals surface area contributed by atoms with Gasteiger partial charge in [-0.15, -0.1) is 0 Å². The summed E-state index contributed by atoms with van der Waals surface area (Å²) in [5.41, 5.74) is 1.05. The molecule has 2 aliphatic rings. The zero-order valence-electron chi connectivity index (χ0n) is 16.1. The third-order valence-electron chi connectivity index (χ3n) is 5.56. The Bertz CT molecular complexity index is 1100. The van der Waals surface area contributed by atoms with Gasteiger partial charge in [0.1, 0.15) is 5.92 Å². The molecule has 0 unspecified atom stereocenters. The van der Waals surface area contributed by atoms with E-state index in [0.29, 0.717) is 6.54 Å². The Kier molecular flexibility index (Phi) is 4.66. The zero-order valence-corrected chi connectivity index (χ0v) is 16.1. The smallest absolute Gasteiger partial charge is 0.269 e. The average Bonchev–Trinajstić information content (AvgIpc) is 2.74. The standard InChI is InChI=1S/C23H18N2O5/c1-15-2-4-16(5-3-15)14-24-22(28)20(23(24)12-10-19(26)11-13-23)21(27)17-6-8-18(9-7-17)25(29)30/h2-13,20H,14H2,1H3/t20-/m0/s1. The lowest BCUT2D eigenvalue weighted by molar-refractivity contribution is -0.384. The van der Waals surface area contributed by atoms with Gasteiger partial charge >= 0.3 is 0 Å². The Labute approximate surface area is 172 Å². The van der Waals surface area contributed by atoms with Crippen LogP contribution in [0.3, 0.4) is 0 Å². The van der Waals surface area contributed by atoms with Crippen LogP contribution in [0.1, 0.15) is 21.5 Å². The van der Waals surface area contributed by atoms with Gasteiger partial charge in [0.2, 0.25) is 5.91 Å². The topological polar surface area (TPSA) is 97.6 Å². The molecular formula is C23H18N2O5. The first-order valence-electron chi connectivity index (χ1n) is 9.40. The van der Waals surface area contributed by atoms with E-state index in [1.54, 1.807) is 17.1 Å². The molecule has 7 heteroatoms. The predicted octanol–water partition coefficient (Wildman–Crippen LogP) is 3.18. The molecule has 1 saturated heterocycles. The van der Waals surface area contributed by atoms with Crippen LogP contribution in [0.25, 0.3) is 0 Å². The molecule has 0 saturated carbocycles. The molecule has 1 amide bonds. The molecule has 1 atom stereocenters. The van der Waals surface area contributed by atoms with Gasteiger partial charge in [0.15, 0.2) is 11.6 Å². The highest BCUT2D eigenvalue weighted by Crippen LogP contribution is 2.44. The Hall–Kier alpha value is -3.87. The first kappa shape index (κ1) is 19.4. The minimum Gasteiger partial charge on any atom is -0.324 e. The molecular weight excluding hydrogens is 384 g/mol. The number of nitro benzene ring substituents is 1. The molecule has 0 aromatic heterocycles. The Morgan fingerprint density at radius 3 is 2.20 bits per heavy atom. The quantitative estimate of drug-likeness (QED) is 0.252. The Balaban J connectivity index is 1.66. The number of benzene rings is 2. The highest BCUT2D eigenvalue weighted by molar-refractivity contribution is 6.16. The Morgan fingerprint density at radius 1 is 1.03 bits per heavy atom. The maximum absolute atomic E-state index is 13.1. The second-order valence-corrected chi connectivity index (χ2v) is 7.47. The van der Waals surface area contributed by atoms with Crippen molar-refractivity contribution >= 4 is 23.2 Å². The molecule has 2 aromatic rings. The fourth-order valence-electron chi connectivity index (χ4n) is 3.88. The van der Waals surface area contributed by atoms with E-state index < -0.39 is 22.2 Å². The zero-order chi connectivity index (χ0) is 21.5. The van der Waals surface area contributed by atoms with Gasteiger partial charge in [-0.3, -0.25) is 24.5 Å². The molecule has 30 heavy (non-hydrogen) atoms. The largest absolute Gasteiger partial charge is 0.324 e. The second kappa shape index (κ2) is 7.18.